The Morgan fingerprint density at radius 3 is 2.70 bits per heavy atom. The van der Waals surface area contributed by atoms with Crippen LogP contribution in [0.15, 0.2) is 32.5 Å². The van der Waals surface area contributed by atoms with Crippen molar-refractivity contribution in [3.8, 4) is 0 Å². The van der Waals surface area contributed by atoms with Crippen LogP contribution in [0.4, 0.5) is 27.6 Å². The van der Waals surface area contributed by atoms with Crippen molar-refractivity contribution in [1.82, 2.24) is 4.98 Å². The van der Waals surface area contributed by atoms with Crippen molar-refractivity contribution in [3.05, 3.63) is 43.8 Å². The average Bonchev–Trinajstić information content (AvgIpc) is 3.27. The maximum atomic E-state index is 14.8. The molecule has 0 aliphatic carbocycles. The van der Waals surface area contributed by atoms with Gasteiger partial charge in [-0.3, -0.25) is 0 Å². The van der Waals surface area contributed by atoms with Crippen LogP contribution in [0.5, 0.6) is 0 Å². The summed E-state index contributed by atoms with van der Waals surface area (Å²) in [4.78, 5) is 4.98. The number of nitrogens with one attached hydrogen (secondary N) is 1. The van der Waals surface area contributed by atoms with Crippen molar-refractivity contribution >= 4 is 55.7 Å². The van der Waals surface area contributed by atoms with E-state index in [1.54, 1.807) is 0 Å². The Morgan fingerprint density at radius 2 is 2.07 bits per heavy atom. The minimum atomic E-state index is -4.65. The summed E-state index contributed by atoms with van der Waals surface area (Å²) < 4.78 is 75.6. The van der Waals surface area contributed by atoms with Gasteiger partial charge in [-0.15, -0.1) is 11.3 Å². The molecule has 0 aliphatic rings. The first-order chi connectivity index (χ1) is 14.0. The third kappa shape index (κ3) is 5.22. The summed E-state index contributed by atoms with van der Waals surface area (Å²) in [6, 6.07) is 3.08. The third-order valence-corrected chi connectivity index (χ3v) is 5.72. The van der Waals surface area contributed by atoms with Gasteiger partial charge in [-0.2, -0.15) is 22.0 Å². The molecule has 0 unspecified atom stereocenters. The van der Waals surface area contributed by atoms with Crippen LogP contribution >= 0.6 is 38.9 Å². The van der Waals surface area contributed by atoms with E-state index in [1.165, 1.54) is 17.4 Å². The summed E-state index contributed by atoms with van der Waals surface area (Å²) in [6.07, 6.45) is -4.65. The van der Waals surface area contributed by atoms with E-state index in [4.69, 9.17) is 21.8 Å². The van der Waals surface area contributed by atoms with Gasteiger partial charge in [-0.1, -0.05) is 17.7 Å². The van der Waals surface area contributed by atoms with E-state index in [0.717, 1.165) is 4.88 Å². The fourth-order valence-corrected chi connectivity index (χ4v) is 3.98. The molecule has 0 saturated carbocycles. The van der Waals surface area contributed by atoms with Crippen LogP contribution in [-0.4, -0.2) is 30.4 Å². The number of thiophene rings is 1. The number of halogens is 7. The number of nitrogens with zero attached hydrogens (tertiary/aromatic N) is 1. The second kappa shape index (κ2) is 8.95. The summed E-state index contributed by atoms with van der Waals surface area (Å²) in [5.74, 6) is -4.72. The highest BCUT2D eigenvalue weighted by molar-refractivity contribution is 9.10. The smallest absolute Gasteiger partial charge is 0.411 e. The van der Waals surface area contributed by atoms with Gasteiger partial charge in [-0.25, -0.2) is 4.98 Å². The number of ether oxygens (including phenoxy) is 1. The van der Waals surface area contributed by atoms with Crippen LogP contribution in [0, 0.1) is 0 Å². The molecule has 164 valence electrons. The molecule has 1 atom stereocenters. The number of fused-ring (bicyclic) bond motifs is 1. The van der Waals surface area contributed by atoms with E-state index in [9.17, 15) is 22.0 Å². The Hall–Kier alpha value is -1.47. The summed E-state index contributed by atoms with van der Waals surface area (Å²) in [5, 5.41) is 4.97. The maximum absolute atomic E-state index is 14.8. The lowest BCUT2D eigenvalue weighted by Crippen LogP contribution is -2.43. The van der Waals surface area contributed by atoms with Gasteiger partial charge in [0, 0.05) is 17.5 Å². The van der Waals surface area contributed by atoms with Crippen molar-refractivity contribution in [2.45, 2.75) is 24.7 Å². The molecule has 0 amide bonds. The van der Waals surface area contributed by atoms with Crippen LogP contribution in [0.1, 0.15) is 10.6 Å². The first-order valence-corrected chi connectivity index (χ1v) is 10.4. The number of aromatic nitrogens is 1. The average molecular weight is 535 g/mol. The standard InChI is InChI=1S/C17H14BrClF5N3O2S/c18-12-13-14(9(4-11(19)27-13)26-5-8-2-1-3-30-8)29-15(12)17(23,24)10(25)6-28-7-16(20,21)22/h1-4,10H,5-7,25H2,(H,26,27)/t10-/m0/s1. The third-order valence-electron chi connectivity index (χ3n) is 3.92. The molecule has 3 heterocycles. The summed E-state index contributed by atoms with van der Waals surface area (Å²) in [7, 11) is 0. The van der Waals surface area contributed by atoms with Crippen molar-refractivity contribution in [1.29, 1.82) is 0 Å². The second-order valence-corrected chi connectivity index (χ2v) is 8.42. The van der Waals surface area contributed by atoms with Crippen LogP contribution in [0.3, 0.4) is 0 Å². The highest BCUT2D eigenvalue weighted by Gasteiger charge is 2.46. The van der Waals surface area contributed by atoms with Crippen molar-refractivity contribution in [2.75, 3.05) is 18.5 Å². The van der Waals surface area contributed by atoms with Crippen LogP contribution in [0.25, 0.3) is 11.1 Å². The number of hydrogen-bond acceptors (Lipinski definition) is 6. The quantitative estimate of drug-likeness (QED) is 0.277. The SMILES string of the molecule is N[C@@H](COCC(F)(F)F)C(F)(F)c1oc2c(NCc3cccs3)cc(Cl)nc2c1Br. The zero-order chi connectivity index (χ0) is 22.1. The lowest BCUT2D eigenvalue weighted by molar-refractivity contribution is -0.181. The summed E-state index contributed by atoms with van der Waals surface area (Å²) >= 11 is 10.5. The largest absolute Gasteiger partial charge is 0.449 e. The van der Waals surface area contributed by atoms with Crippen molar-refractivity contribution in [2.24, 2.45) is 5.73 Å². The monoisotopic (exact) mass is 533 g/mol. The normalized spacial score (nSPS) is 13.7. The van der Waals surface area contributed by atoms with E-state index in [1.807, 2.05) is 17.5 Å². The molecule has 0 fully saturated rings. The molecular formula is C17H14BrClF5N3O2S. The van der Waals surface area contributed by atoms with Gasteiger partial charge >= 0.3 is 12.1 Å². The van der Waals surface area contributed by atoms with E-state index in [2.05, 4.69) is 31.0 Å². The fourth-order valence-electron chi connectivity index (χ4n) is 2.52. The van der Waals surface area contributed by atoms with Gasteiger partial charge < -0.3 is 20.2 Å². The Bertz CT molecular complexity index is 1010. The molecule has 3 N–H and O–H groups in total. The number of hydrogen-bond donors (Lipinski definition) is 2. The molecule has 0 bridgehead atoms. The summed E-state index contributed by atoms with van der Waals surface area (Å²) in [6.45, 7) is -2.33. The zero-order valence-corrected chi connectivity index (χ0v) is 18.1. The summed E-state index contributed by atoms with van der Waals surface area (Å²) in [5.41, 5.74) is 5.76. The van der Waals surface area contributed by atoms with Crippen molar-refractivity contribution < 1.29 is 31.1 Å². The first-order valence-electron chi connectivity index (χ1n) is 8.32. The lowest BCUT2D eigenvalue weighted by Gasteiger charge is -2.22. The van der Waals surface area contributed by atoms with Gasteiger partial charge in [0.2, 0.25) is 0 Å². The molecule has 0 aliphatic heterocycles. The number of alkyl halides is 5. The van der Waals surface area contributed by atoms with E-state index < -0.39 is 37.1 Å². The number of rotatable bonds is 8. The number of nitrogens with two attached hydrogens (primary N) is 1. The molecule has 13 heteroatoms. The number of furan rings is 1. The Morgan fingerprint density at radius 1 is 1.33 bits per heavy atom. The van der Waals surface area contributed by atoms with Crippen LogP contribution < -0.4 is 11.1 Å². The topological polar surface area (TPSA) is 73.3 Å². The molecule has 0 radical (unpaired) electrons. The highest BCUT2D eigenvalue weighted by Crippen LogP contribution is 2.43. The predicted octanol–water partition coefficient (Wildman–Crippen LogP) is 5.92. The minimum Gasteiger partial charge on any atom is -0.449 e. The molecule has 5 nitrogen and oxygen atoms in total. The Balaban J connectivity index is 1.88. The van der Waals surface area contributed by atoms with E-state index in [0.29, 0.717) is 12.2 Å². The predicted molar refractivity (Wildman–Crippen MR) is 107 cm³/mol. The maximum Gasteiger partial charge on any atom is 0.411 e. The van der Waals surface area contributed by atoms with E-state index >= 15 is 0 Å². The molecule has 0 saturated heterocycles. The van der Waals surface area contributed by atoms with Gasteiger partial charge in [0.1, 0.15) is 23.3 Å². The molecule has 3 rings (SSSR count). The first kappa shape index (κ1) is 23.2. The molecular weight excluding hydrogens is 521 g/mol. The van der Waals surface area contributed by atoms with Crippen LogP contribution in [0.2, 0.25) is 5.15 Å². The molecule has 30 heavy (non-hydrogen) atoms. The van der Waals surface area contributed by atoms with Gasteiger partial charge in [0.15, 0.2) is 11.3 Å². The highest BCUT2D eigenvalue weighted by atomic mass is 79.9. The van der Waals surface area contributed by atoms with Crippen molar-refractivity contribution in [3.63, 3.8) is 0 Å². The van der Waals surface area contributed by atoms with Gasteiger partial charge in [0.05, 0.1) is 16.8 Å². The second-order valence-electron chi connectivity index (χ2n) is 6.21. The van der Waals surface area contributed by atoms with Gasteiger partial charge in [0.25, 0.3) is 0 Å². The van der Waals surface area contributed by atoms with E-state index in [-0.39, 0.29) is 20.7 Å². The number of pyridine rings is 1. The Kier molecular flexibility index (Phi) is 6.92. The molecule has 3 aromatic heterocycles. The molecule has 0 spiro atoms. The fraction of sp³-hybridized carbons (Fsp3) is 0.353. The van der Waals surface area contributed by atoms with Crippen LogP contribution in [-0.2, 0) is 17.2 Å². The van der Waals surface area contributed by atoms with Gasteiger partial charge in [-0.05, 0) is 27.4 Å². The minimum absolute atomic E-state index is 0.000848. The molecule has 0 aromatic carbocycles. The molecule has 3 aromatic rings. The number of anilines is 1. The zero-order valence-electron chi connectivity index (χ0n) is 14.9. The Labute approximate surface area is 184 Å². The lowest BCUT2D eigenvalue weighted by atomic mass is 10.1.